The third-order valence-corrected chi connectivity index (χ3v) is 2.67. The van der Waals surface area contributed by atoms with Gasteiger partial charge in [-0.15, -0.1) is 0 Å². The summed E-state index contributed by atoms with van der Waals surface area (Å²) >= 11 is 1.95. The maximum absolute atomic E-state index is 3.51. The molecule has 0 aromatic heterocycles. The molecular weight excluding hydrogens is 130 g/mol. The van der Waals surface area contributed by atoms with Crippen molar-refractivity contribution in [2.24, 2.45) is 0 Å². The quantitative estimate of drug-likeness (QED) is 0.643. The van der Waals surface area contributed by atoms with Crippen molar-refractivity contribution in [2.75, 3.05) is 18.6 Å². The van der Waals surface area contributed by atoms with Crippen molar-refractivity contribution in [2.45, 2.75) is 25.3 Å². The summed E-state index contributed by atoms with van der Waals surface area (Å²) < 4.78 is 0. The molecule has 54 valence electrons. The normalized spacial score (nSPS) is 22.0. The lowest BCUT2D eigenvalue weighted by Crippen LogP contribution is -2.33. The Morgan fingerprint density at radius 1 is 1.56 bits per heavy atom. The van der Waals surface area contributed by atoms with E-state index >= 15 is 0 Å². The zero-order valence-corrected chi connectivity index (χ0v) is 7.05. The molecule has 0 radical (unpaired) electrons. The van der Waals surface area contributed by atoms with Gasteiger partial charge in [0.1, 0.15) is 0 Å². The Morgan fingerprint density at radius 3 is 2.56 bits per heavy atom. The van der Waals surface area contributed by atoms with E-state index in [2.05, 4.69) is 18.5 Å². The Labute approximate surface area is 61.6 Å². The molecule has 0 spiro atoms. The highest BCUT2D eigenvalue weighted by molar-refractivity contribution is 7.98. The van der Waals surface area contributed by atoms with Crippen LogP contribution in [-0.4, -0.2) is 24.1 Å². The number of nitrogens with one attached hydrogen (secondary N) is 1. The zero-order valence-electron chi connectivity index (χ0n) is 6.24. The highest BCUT2D eigenvalue weighted by Gasteiger charge is 2.40. The number of rotatable bonds is 4. The molecule has 9 heavy (non-hydrogen) atoms. The lowest BCUT2D eigenvalue weighted by atomic mass is 10.3. The van der Waals surface area contributed by atoms with E-state index in [9.17, 15) is 0 Å². The fraction of sp³-hybridized carbons (Fsp3) is 1.00. The van der Waals surface area contributed by atoms with Crippen LogP contribution in [0.15, 0.2) is 0 Å². The second kappa shape index (κ2) is 2.93. The van der Waals surface area contributed by atoms with Crippen LogP contribution in [-0.2, 0) is 0 Å². The molecule has 1 aliphatic rings. The van der Waals surface area contributed by atoms with Crippen molar-refractivity contribution in [1.82, 2.24) is 5.32 Å². The summed E-state index contributed by atoms with van der Waals surface area (Å²) in [6.07, 6.45) is 4.96. The summed E-state index contributed by atoms with van der Waals surface area (Å²) in [5, 5.41) is 3.51. The third kappa shape index (κ3) is 1.87. The van der Waals surface area contributed by atoms with E-state index in [1.807, 2.05) is 11.8 Å². The molecular formula is C7H15NS. The number of hydrogen-bond donors (Lipinski definition) is 1. The van der Waals surface area contributed by atoms with Crippen molar-refractivity contribution in [1.29, 1.82) is 0 Å². The average molecular weight is 145 g/mol. The Kier molecular flexibility index (Phi) is 2.42. The Balaban J connectivity index is 2.17. The lowest BCUT2D eigenvalue weighted by Gasteiger charge is -2.13. The maximum Gasteiger partial charge on any atom is 0.0273 e. The molecule has 0 aliphatic heterocycles. The Hall–Kier alpha value is 0.310. The Bertz CT molecular complexity index is 80.9. The molecule has 1 aliphatic carbocycles. The predicted octanol–water partition coefficient (Wildman–Crippen LogP) is 1.49. The third-order valence-electron chi connectivity index (χ3n) is 1.83. The molecule has 0 unspecified atom stereocenters. The fourth-order valence-electron chi connectivity index (χ4n) is 1.17. The van der Waals surface area contributed by atoms with Crippen LogP contribution in [0.4, 0.5) is 0 Å². The van der Waals surface area contributed by atoms with Crippen molar-refractivity contribution in [3.8, 4) is 0 Å². The summed E-state index contributed by atoms with van der Waals surface area (Å²) in [6.45, 7) is 3.31. The van der Waals surface area contributed by atoms with Gasteiger partial charge in [0, 0.05) is 11.3 Å². The van der Waals surface area contributed by atoms with Gasteiger partial charge in [-0.25, -0.2) is 0 Å². The van der Waals surface area contributed by atoms with Crippen molar-refractivity contribution < 1.29 is 0 Å². The standard InChI is InChI=1S/C7H15NS/c1-3-8-7(4-5-7)6-9-2/h8H,3-6H2,1-2H3. The molecule has 1 saturated carbocycles. The number of thioether (sulfide) groups is 1. The highest BCUT2D eigenvalue weighted by Crippen LogP contribution is 2.37. The zero-order chi connectivity index (χ0) is 6.74. The summed E-state index contributed by atoms with van der Waals surface area (Å²) in [7, 11) is 0. The molecule has 1 fully saturated rings. The van der Waals surface area contributed by atoms with E-state index in [1.165, 1.54) is 18.6 Å². The summed E-state index contributed by atoms with van der Waals surface area (Å²) in [5.74, 6) is 1.29. The van der Waals surface area contributed by atoms with Crippen LogP contribution in [0.2, 0.25) is 0 Å². The van der Waals surface area contributed by atoms with E-state index in [-0.39, 0.29) is 0 Å². The van der Waals surface area contributed by atoms with Gasteiger partial charge in [0.05, 0.1) is 0 Å². The second-order valence-corrected chi connectivity index (χ2v) is 3.61. The highest BCUT2D eigenvalue weighted by atomic mass is 32.2. The SMILES string of the molecule is CCNC1(CSC)CC1. The second-order valence-electron chi connectivity index (χ2n) is 2.74. The first-order chi connectivity index (χ1) is 4.33. The molecule has 0 heterocycles. The minimum absolute atomic E-state index is 0.564. The van der Waals surface area contributed by atoms with Crippen molar-refractivity contribution in [3.63, 3.8) is 0 Å². The largest absolute Gasteiger partial charge is 0.311 e. The first kappa shape index (κ1) is 7.42. The molecule has 0 atom stereocenters. The minimum atomic E-state index is 0.564. The predicted molar refractivity (Wildman–Crippen MR) is 44.0 cm³/mol. The summed E-state index contributed by atoms with van der Waals surface area (Å²) in [4.78, 5) is 0. The molecule has 1 rings (SSSR count). The molecule has 2 heteroatoms. The number of hydrogen-bond acceptors (Lipinski definition) is 2. The molecule has 0 bridgehead atoms. The molecule has 0 amide bonds. The Morgan fingerprint density at radius 2 is 2.22 bits per heavy atom. The van der Waals surface area contributed by atoms with Gasteiger partial charge in [-0.2, -0.15) is 11.8 Å². The van der Waals surface area contributed by atoms with Crippen molar-refractivity contribution in [3.05, 3.63) is 0 Å². The van der Waals surface area contributed by atoms with Crippen LogP contribution in [0.25, 0.3) is 0 Å². The topological polar surface area (TPSA) is 12.0 Å². The lowest BCUT2D eigenvalue weighted by molar-refractivity contribution is 0.568. The van der Waals surface area contributed by atoms with Crippen molar-refractivity contribution >= 4 is 11.8 Å². The van der Waals surface area contributed by atoms with Gasteiger partial charge < -0.3 is 5.32 Å². The van der Waals surface area contributed by atoms with Crippen LogP contribution in [0.1, 0.15) is 19.8 Å². The first-order valence-electron chi connectivity index (χ1n) is 3.57. The maximum atomic E-state index is 3.51. The molecule has 1 N–H and O–H groups in total. The van der Waals surface area contributed by atoms with Gasteiger partial charge >= 0.3 is 0 Å². The monoisotopic (exact) mass is 145 g/mol. The van der Waals surface area contributed by atoms with Gasteiger partial charge in [-0.05, 0) is 25.6 Å². The molecule has 0 aromatic rings. The first-order valence-corrected chi connectivity index (χ1v) is 4.96. The molecule has 0 aromatic carbocycles. The van der Waals surface area contributed by atoms with Crippen LogP contribution in [0, 0.1) is 0 Å². The van der Waals surface area contributed by atoms with E-state index in [0.717, 1.165) is 6.54 Å². The van der Waals surface area contributed by atoms with E-state index in [1.54, 1.807) is 0 Å². The molecule has 0 saturated heterocycles. The van der Waals surface area contributed by atoms with E-state index in [4.69, 9.17) is 0 Å². The van der Waals surface area contributed by atoms with E-state index < -0.39 is 0 Å². The van der Waals surface area contributed by atoms with Crippen LogP contribution < -0.4 is 5.32 Å². The van der Waals surface area contributed by atoms with Gasteiger partial charge in [0.2, 0.25) is 0 Å². The molecule has 1 nitrogen and oxygen atoms in total. The fourth-order valence-corrected chi connectivity index (χ4v) is 2.12. The average Bonchev–Trinajstić information content (AvgIpc) is 2.51. The smallest absolute Gasteiger partial charge is 0.0273 e. The van der Waals surface area contributed by atoms with Crippen LogP contribution in [0.3, 0.4) is 0 Å². The van der Waals surface area contributed by atoms with Gasteiger partial charge in [-0.3, -0.25) is 0 Å². The summed E-state index contributed by atoms with van der Waals surface area (Å²) in [6, 6.07) is 0. The van der Waals surface area contributed by atoms with E-state index in [0.29, 0.717) is 5.54 Å². The minimum Gasteiger partial charge on any atom is -0.311 e. The van der Waals surface area contributed by atoms with Crippen LogP contribution in [0.5, 0.6) is 0 Å². The van der Waals surface area contributed by atoms with Gasteiger partial charge in [0.25, 0.3) is 0 Å². The summed E-state index contributed by atoms with van der Waals surface area (Å²) in [5.41, 5.74) is 0.564. The van der Waals surface area contributed by atoms with Crippen LogP contribution >= 0.6 is 11.8 Å². The van der Waals surface area contributed by atoms with Gasteiger partial charge in [-0.1, -0.05) is 6.92 Å². The van der Waals surface area contributed by atoms with Gasteiger partial charge in [0.15, 0.2) is 0 Å².